The van der Waals surface area contributed by atoms with E-state index >= 15 is 0 Å². The molecule has 0 fully saturated rings. The fraction of sp³-hybridized carbons (Fsp3) is 0.667. The fourth-order valence-corrected chi connectivity index (χ4v) is 3.74. The van der Waals surface area contributed by atoms with Crippen molar-refractivity contribution in [3.8, 4) is 0 Å². The van der Waals surface area contributed by atoms with Gasteiger partial charge in [0.05, 0.1) is 3.79 Å². The molecule has 0 spiro atoms. The Morgan fingerprint density at radius 1 is 1.35 bits per heavy atom. The van der Waals surface area contributed by atoms with Gasteiger partial charge in [-0.15, -0.1) is 11.3 Å². The lowest BCUT2D eigenvalue weighted by atomic mass is 10.0. The lowest BCUT2D eigenvalue weighted by Crippen LogP contribution is -2.41. The van der Waals surface area contributed by atoms with E-state index in [2.05, 4.69) is 76.1 Å². The van der Waals surface area contributed by atoms with Gasteiger partial charge in [-0.25, -0.2) is 0 Å². The second-order valence-corrected chi connectivity index (χ2v) is 8.14. The molecule has 1 heterocycles. The van der Waals surface area contributed by atoms with Crippen LogP contribution in [0.2, 0.25) is 0 Å². The Hall–Kier alpha value is 0.580. The topological polar surface area (TPSA) is 15.3 Å². The molecule has 1 unspecified atom stereocenters. The van der Waals surface area contributed by atoms with E-state index in [0.29, 0.717) is 12.0 Å². The third kappa shape index (κ3) is 5.39. The number of halogens is 2. The highest BCUT2D eigenvalue weighted by Gasteiger charge is 2.14. The number of nitrogens with one attached hydrogen (secondary N) is 1. The fourth-order valence-electron chi connectivity index (χ4n) is 1.61. The summed E-state index contributed by atoms with van der Waals surface area (Å²) in [7, 11) is 4.24. The van der Waals surface area contributed by atoms with Crippen molar-refractivity contribution in [3.05, 3.63) is 19.2 Å². The van der Waals surface area contributed by atoms with Gasteiger partial charge >= 0.3 is 0 Å². The SMILES string of the molecule is CC(C)C(CN(C)C)NCc1cc(Br)c(Br)s1. The van der Waals surface area contributed by atoms with Crippen LogP contribution in [0.4, 0.5) is 0 Å². The van der Waals surface area contributed by atoms with Crippen molar-refractivity contribution < 1.29 is 0 Å². The largest absolute Gasteiger partial charge is 0.308 e. The van der Waals surface area contributed by atoms with Crippen molar-refractivity contribution in [2.75, 3.05) is 20.6 Å². The molecule has 5 heteroatoms. The minimum atomic E-state index is 0.532. The van der Waals surface area contributed by atoms with Crippen molar-refractivity contribution >= 4 is 43.2 Å². The Kier molecular flexibility index (Phi) is 6.66. The first-order valence-corrected chi connectivity index (χ1v) is 8.12. The number of rotatable bonds is 6. The van der Waals surface area contributed by atoms with Crippen LogP contribution in [-0.2, 0) is 6.54 Å². The van der Waals surface area contributed by atoms with E-state index in [0.717, 1.165) is 17.6 Å². The number of likely N-dealkylation sites (N-methyl/N-ethyl adjacent to an activating group) is 1. The Morgan fingerprint density at radius 2 is 2.00 bits per heavy atom. The molecule has 1 rings (SSSR count). The van der Waals surface area contributed by atoms with E-state index in [1.807, 2.05) is 0 Å². The summed E-state index contributed by atoms with van der Waals surface area (Å²) in [5, 5.41) is 3.63. The molecule has 0 aliphatic heterocycles. The van der Waals surface area contributed by atoms with Gasteiger partial charge < -0.3 is 10.2 Å². The Bertz CT molecular complexity index is 331. The van der Waals surface area contributed by atoms with Gasteiger partial charge in [0.15, 0.2) is 0 Å². The molecule has 0 aliphatic rings. The van der Waals surface area contributed by atoms with Crippen LogP contribution in [0, 0.1) is 5.92 Å². The van der Waals surface area contributed by atoms with Crippen LogP contribution in [-0.4, -0.2) is 31.6 Å². The Labute approximate surface area is 125 Å². The minimum absolute atomic E-state index is 0.532. The van der Waals surface area contributed by atoms with Crippen molar-refractivity contribution in [2.45, 2.75) is 26.4 Å². The van der Waals surface area contributed by atoms with E-state index in [1.54, 1.807) is 11.3 Å². The van der Waals surface area contributed by atoms with E-state index in [4.69, 9.17) is 0 Å². The highest BCUT2D eigenvalue weighted by atomic mass is 79.9. The van der Waals surface area contributed by atoms with E-state index in [1.165, 1.54) is 8.66 Å². The van der Waals surface area contributed by atoms with Gasteiger partial charge in [0.25, 0.3) is 0 Å². The second kappa shape index (κ2) is 7.24. The predicted octanol–water partition coefficient (Wildman–Crippen LogP) is 3.95. The molecule has 0 aromatic carbocycles. The van der Waals surface area contributed by atoms with E-state index in [9.17, 15) is 0 Å². The van der Waals surface area contributed by atoms with Crippen LogP contribution in [0.5, 0.6) is 0 Å². The monoisotopic (exact) mass is 382 g/mol. The third-order valence-corrected chi connectivity index (χ3v) is 5.86. The molecule has 2 nitrogen and oxygen atoms in total. The molecule has 98 valence electrons. The lowest BCUT2D eigenvalue weighted by Gasteiger charge is -2.25. The molecule has 17 heavy (non-hydrogen) atoms. The first-order valence-electron chi connectivity index (χ1n) is 5.72. The van der Waals surface area contributed by atoms with E-state index in [-0.39, 0.29) is 0 Å². The summed E-state index contributed by atoms with van der Waals surface area (Å²) in [6, 6.07) is 2.71. The number of thiophene rings is 1. The Morgan fingerprint density at radius 3 is 2.41 bits per heavy atom. The molecule has 0 aliphatic carbocycles. The van der Waals surface area contributed by atoms with Gasteiger partial charge in [-0.2, -0.15) is 0 Å². The van der Waals surface area contributed by atoms with Gasteiger partial charge in [-0.05, 0) is 57.9 Å². The van der Waals surface area contributed by atoms with Crippen molar-refractivity contribution in [2.24, 2.45) is 5.92 Å². The maximum absolute atomic E-state index is 3.63. The molecule has 1 aromatic rings. The predicted molar refractivity (Wildman–Crippen MR) is 83.7 cm³/mol. The Balaban J connectivity index is 2.51. The standard InChI is InChI=1S/C12H20Br2N2S/c1-8(2)11(7-16(3)4)15-6-9-5-10(13)12(14)17-9/h5,8,11,15H,6-7H2,1-4H3. The lowest BCUT2D eigenvalue weighted by molar-refractivity contribution is 0.288. The van der Waals surface area contributed by atoms with Crippen LogP contribution in [0.25, 0.3) is 0 Å². The average Bonchev–Trinajstić information content (AvgIpc) is 2.52. The highest BCUT2D eigenvalue weighted by molar-refractivity contribution is 9.13. The molecule has 1 aromatic heterocycles. The normalized spacial score (nSPS) is 13.6. The summed E-state index contributed by atoms with van der Waals surface area (Å²) in [6.07, 6.45) is 0. The van der Waals surface area contributed by atoms with Crippen LogP contribution in [0.3, 0.4) is 0 Å². The maximum atomic E-state index is 3.63. The quantitative estimate of drug-likeness (QED) is 0.799. The molecular weight excluding hydrogens is 364 g/mol. The summed E-state index contributed by atoms with van der Waals surface area (Å²) in [6.45, 7) is 6.54. The smallest absolute Gasteiger partial charge is 0.0843 e. The van der Waals surface area contributed by atoms with Crippen LogP contribution < -0.4 is 5.32 Å². The number of hydrogen-bond donors (Lipinski definition) is 1. The molecule has 1 atom stereocenters. The first-order chi connectivity index (χ1) is 7.90. The van der Waals surface area contributed by atoms with Crippen molar-refractivity contribution in [1.29, 1.82) is 0 Å². The third-order valence-electron chi connectivity index (χ3n) is 2.60. The molecule has 0 saturated carbocycles. The zero-order chi connectivity index (χ0) is 13.0. The summed E-state index contributed by atoms with van der Waals surface area (Å²) in [5.41, 5.74) is 0. The van der Waals surface area contributed by atoms with Crippen LogP contribution >= 0.6 is 43.2 Å². The van der Waals surface area contributed by atoms with Crippen LogP contribution in [0.1, 0.15) is 18.7 Å². The molecular formula is C12H20Br2N2S. The van der Waals surface area contributed by atoms with Gasteiger partial charge in [0.1, 0.15) is 0 Å². The average molecular weight is 384 g/mol. The zero-order valence-electron chi connectivity index (χ0n) is 10.8. The summed E-state index contributed by atoms with van der Waals surface area (Å²) in [4.78, 5) is 3.59. The second-order valence-electron chi connectivity index (χ2n) is 4.83. The molecule has 1 N–H and O–H groups in total. The summed E-state index contributed by atoms with van der Waals surface area (Å²) >= 11 is 8.83. The van der Waals surface area contributed by atoms with Gasteiger partial charge in [0.2, 0.25) is 0 Å². The maximum Gasteiger partial charge on any atom is 0.0843 e. The zero-order valence-corrected chi connectivity index (χ0v) is 14.7. The highest BCUT2D eigenvalue weighted by Crippen LogP contribution is 2.32. The molecule has 0 amide bonds. The number of hydrogen-bond acceptors (Lipinski definition) is 3. The number of nitrogens with zero attached hydrogens (tertiary/aromatic N) is 1. The van der Waals surface area contributed by atoms with Gasteiger partial charge in [0, 0.05) is 28.5 Å². The van der Waals surface area contributed by atoms with Crippen LogP contribution in [0.15, 0.2) is 14.3 Å². The summed E-state index contributed by atoms with van der Waals surface area (Å²) in [5.74, 6) is 0.643. The summed E-state index contributed by atoms with van der Waals surface area (Å²) < 4.78 is 2.32. The van der Waals surface area contributed by atoms with Crippen molar-refractivity contribution in [3.63, 3.8) is 0 Å². The van der Waals surface area contributed by atoms with Gasteiger partial charge in [-0.3, -0.25) is 0 Å². The minimum Gasteiger partial charge on any atom is -0.308 e. The molecule has 0 saturated heterocycles. The first kappa shape index (κ1) is 15.6. The molecule has 0 bridgehead atoms. The van der Waals surface area contributed by atoms with E-state index < -0.39 is 0 Å². The molecule has 0 radical (unpaired) electrons. The van der Waals surface area contributed by atoms with Gasteiger partial charge in [-0.1, -0.05) is 13.8 Å². The van der Waals surface area contributed by atoms with Crippen molar-refractivity contribution in [1.82, 2.24) is 10.2 Å².